The molecule has 8 atom stereocenters. The lowest BCUT2D eigenvalue weighted by Crippen LogP contribution is -2.52. The van der Waals surface area contributed by atoms with E-state index in [1.165, 1.54) is 35.0 Å². The monoisotopic (exact) mass is 562 g/mol. The molecular weight excluding hydrogens is 527 g/mol. The average Bonchev–Trinajstić information content (AvgIpc) is 3.32. The SMILES string of the molecule is CO[C@H]([C@H]1OC(C)(C)O[C@@H]1n1cc(F)c(=O)n([C@H]2OC(C)(C)O[C@@H]2[C@@H](OC)[C@H](C)OC=O)c1=O)[C@H](C)OC=O. The first kappa shape index (κ1) is 30.8. The van der Waals surface area contributed by atoms with Gasteiger partial charge in [-0.25, -0.2) is 9.36 Å². The summed E-state index contributed by atoms with van der Waals surface area (Å²) in [5.41, 5.74) is -2.31. The molecular formula is C24H35FN2O12. The van der Waals surface area contributed by atoms with Gasteiger partial charge >= 0.3 is 5.69 Å². The fraction of sp³-hybridized carbons (Fsp3) is 0.750. The van der Waals surface area contributed by atoms with Crippen LogP contribution in [0.15, 0.2) is 15.8 Å². The van der Waals surface area contributed by atoms with Crippen LogP contribution in [0.2, 0.25) is 0 Å². The van der Waals surface area contributed by atoms with Gasteiger partial charge in [0.25, 0.3) is 18.5 Å². The van der Waals surface area contributed by atoms with Gasteiger partial charge in [-0.15, -0.1) is 0 Å². The van der Waals surface area contributed by atoms with Crippen LogP contribution >= 0.6 is 0 Å². The first-order valence-electron chi connectivity index (χ1n) is 12.2. The average molecular weight is 563 g/mol. The highest BCUT2D eigenvalue weighted by molar-refractivity contribution is 5.37. The van der Waals surface area contributed by atoms with Crippen LogP contribution in [0.25, 0.3) is 0 Å². The van der Waals surface area contributed by atoms with Gasteiger partial charge in [-0.2, -0.15) is 4.39 Å². The number of rotatable bonds is 12. The molecule has 39 heavy (non-hydrogen) atoms. The van der Waals surface area contributed by atoms with Crippen molar-refractivity contribution >= 4 is 12.9 Å². The van der Waals surface area contributed by atoms with Crippen LogP contribution < -0.4 is 11.2 Å². The minimum absolute atomic E-state index is 0.217. The molecule has 2 saturated heterocycles. The van der Waals surface area contributed by atoms with Crippen LogP contribution in [0, 0.1) is 5.82 Å². The topological polar surface area (TPSA) is 152 Å². The maximum Gasteiger partial charge on any atom is 0.335 e. The molecule has 0 N–H and O–H groups in total. The minimum atomic E-state index is -1.49. The number of hydrogen-bond acceptors (Lipinski definition) is 12. The predicted molar refractivity (Wildman–Crippen MR) is 128 cm³/mol. The van der Waals surface area contributed by atoms with Crippen molar-refractivity contribution in [1.29, 1.82) is 0 Å². The Balaban J connectivity index is 2.16. The van der Waals surface area contributed by atoms with E-state index in [0.717, 1.165) is 4.57 Å². The third-order valence-corrected chi connectivity index (χ3v) is 6.50. The molecule has 0 radical (unpaired) electrons. The van der Waals surface area contributed by atoms with Gasteiger partial charge < -0.3 is 37.9 Å². The Hall–Kier alpha value is -2.69. The Kier molecular flexibility index (Phi) is 9.35. The van der Waals surface area contributed by atoms with E-state index in [4.69, 9.17) is 37.9 Å². The summed E-state index contributed by atoms with van der Waals surface area (Å²) >= 11 is 0. The zero-order chi connectivity index (χ0) is 29.3. The fourth-order valence-corrected chi connectivity index (χ4v) is 4.90. The third-order valence-electron chi connectivity index (χ3n) is 6.50. The zero-order valence-electron chi connectivity index (χ0n) is 23.0. The standard InChI is InChI=1S/C24H35FN2O12/c1-12(34-10-28)15(32-7)17-20(38-23(3,4)36-17)26-9-14(25)19(30)27(22(26)31)21-18(37-24(5,6)39-21)16(33-8)13(2)35-11-29/h9-13,15-18,20-21H,1-8H3/t12-,13-,15-,16-,17+,18+,20-,21-/m0/s1. The van der Waals surface area contributed by atoms with Crippen LogP contribution in [0.5, 0.6) is 0 Å². The van der Waals surface area contributed by atoms with Crippen LogP contribution in [-0.2, 0) is 47.5 Å². The Bertz CT molecular complexity index is 1150. The lowest BCUT2D eigenvalue weighted by atomic mass is 10.1. The lowest BCUT2D eigenvalue weighted by Gasteiger charge is -2.31. The van der Waals surface area contributed by atoms with Crippen LogP contribution in [0.3, 0.4) is 0 Å². The molecule has 2 fully saturated rings. The molecule has 0 spiro atoms. The van der Waals surface area contributed by atoms with E-state index >= 15 is 4.39 Å². The molecule has 0 unspecified atom stereocenters. The van der Waals surface area contributed by atoms with E-state index in [0.29, 0.717) is 10.8 Å². The summed E-state index contributed by atoms with van der Waals surface area (Å²) in [7, 11) is 2.66. The molecule has 0 aliphatic carbocycles. The molecule has 3 rings (SSSR count). The minimum Gasteiger partial charge on any atom is -0.462 e. The van der Waals surface area contributed by atoms with Crippen molar-refractivity contribution in [1.82, 2.24) is 9.13 Å². The summed E-state index contributed by atoms with van der Waals surface area (Å²) in [6, 6.07) is 0. The summed E-state index contributed by atoms with van der Waals surface area (Å²) in [4.78, 5) is 48.8. The number of methoxy groups -OCH3 is 2. The lowest BCUT2D eigenvalue weighted by molar-refractivity contribution is -0.172. The number of halogens is 1. The Morgan fingerprint density at radius 3 is 1.72 bits per heavy atom. The van der Waals surface area contributed by atoms with E-state index in [2.05, 4.69) is 0 Å². The second-order valence-electron chi connectivity index (χ2n) is 10.1. The summed E-state index contributed by atoms with van der Waals surface area (Å²) in [6.45, 7) is 9.72. The van der Waals surface area contributed by atoms with Gasteiger partial charge in [-0.1, -0.05) is 0 Å². The van der Waals surface area contributed by atoms with E-state index in [-0.39, 0.29) is 12.9 Å². The molecule has 2 aliphatic rings. The second-order valence-corrected chi connectivity index (χ2v) is 10.1. The molecule has 0 bridgehead atoms. The first-order valence-corrected chi connectivity index (χ1v) is 12.2. The molecule has 15 heteroatoms. The predicted octanol–water partition coefficient (Wildman–Crippen LogP) is 0.602. The van der Waals surface area contributed by atoms with Gasteiger partial charge in [-0.05, 0) is 41.5 Å². The molecule has 0 aromatic carbocycles. The molecule has 1 aromatic rings. The first-order chi connectivity index (χ1) is 18.2. The van der Waals surface area contributed by atoms with Gasteiger partial charge in [0.1, 0.15) is 36.6 Å². The van der Waals surface area contributed by atoms with Crippen LogP contribution in [0.4, 0.5) is 4.39 Å². The molecule has 1 aromatic heterocycles. The van der Waals surface area contributed by atoms with Crippen LogP contribution in [0.1, 0.15) is 54.0 Å². The van der Waals surface area contributed by atoms with Crippen molar-refractivity contribution in [2.45, 2.75) is 102 Å². The Morgan fingerprint density at radius 1 is 0.846 bits per heavy atom. The van der Waals surface area contributed by atoms with Crippen molar-refractivity contribution in [3.8, 4) is 0 Å². The number of nitrogens with zero attached hydrogens (tertiary/aromatic N) is 2. The van der Waals surface area contributed by atoms with Crippen molar-refractivity contribution in [3.63, 3.8) is 0 Å². The van der Waals surface area contributed by atoms with E-state index in [1.54, 1.807) is 20.8 Å². The number of aromatic nitrogens is 2. The summed E-state index contributed by atoms with van der Waals surface area (Å²) in [5, 5.41) is 0. The highest BCUT2D eigenvalue weighted by Gasteiger charge is 2.52. The highest BCUT2D eigenvalue weighted by atomic mass is 19.1. The third kappa shape index (κ3) is 6.23. The fourth-order valence-electron chi connectivity index (χ4n) is 4.90. The number of ether oxygens (including phenoxy) is 8. The van der Waals surface area contributed by atoms with Gasteiger partial charge in [0, 0.05) is 14.2 Å². The zero-order valence-corrected chi connectivity index (χ0v) is 23.0. The Morgan fingerprint density at radius 2 is 1.28 bits per heavy atom. The van der Waals surface area contributed by atoms with Crippen molar-refractivity contribution in [2.24, 2.45) is 0 Å². The summed E-state index contributed by atoms with van der Waals surface area (Å²) in [6.07, 6.45) is -8.07. The molecule has 220 valence electrons. The quantitative estimate of drug-likeness (QED) is 0.328. The van der Waals surface area contributed by atoms with Crippen LogP contribution in [-0.4, -0.2) is 84.5 Å². The summed E-state index contributed by atoms with van der Waals surface area (Å²) < 4.78 is 61.2. The normalized spacial score (nSPS) is 28.8. The van der Waals surface area contributed by atoms with Gasteiger partial charge in [0.2, 0.25) is 5.82 Å². The molecule has 0 amide bonds. The Labute approximate surface area is 223 Å². The second kappa shape index (κ2) is 11.8. The van der Waals surface area contributed by atoms with Gasteiger partial charge in [-0.3, -0.25) is 19.0 Å². The van der Waals surface area contributed by atoms with Crippen molar-refractivity contribution in [3.05, 3.63) is 32.9 Å². The van der Waals surface area contributed by atoms with Gasteiger partial charge in [0.05, 0.1) is 6.20 Å². The maximum absolute atomic E-state index is 15.2. The number of hydrogen-bond donors (Lipinski definition) is 0. The smallest absolute Gasteiger partial charge is 0.335 e. The highest BCUT2D eigenvalue weighted by Crippen LogP contribution is 2.39. The van der Waals surface area contributed by atoms with E-state index < -0.39 is 77.7 Å². The summed E-state index contributed by atoms with van der Waals surface area (Å²) in [5.74, 6) is -3.91. The van der Waals surface area contributed by atoms with E-state index in [9.17, 15) is 19.2 Å². The van der Waals surface area contributed by atoms with Crippen molar-refractivity contribution < 1.29 is 51.9 Å². The molecule has 2 aliphatic heterocycles. The van der Waals surface area contributed by atoms with E-state index in [1.807, 2.05) is 0 Å². The van der Waals surface area contributed by atoms with Gasteiger partial charge in [0.15, 0.2) is 24.0 Å². The molecule has 0 saturated carbocycles. The largest absolute Gasteiger partial charge is 0.462 e. The van der Waals surface area contributed by atoms with Crippen molar-refractivity contribution in [2.75, 3.05) is 14.2 Å². The number of carbonyl (C=O) groups is 2. The molecule has 3 heterocycles. The molecule has 14 nitrogen and oxygen atoms in total. The number of carbonyl (C=O) groups excluding carboxylic acids is 2. The maximum atomic E-state index is 15.2.